The molecule has 1 aromatic heterocycles. The van der Waals surface area contributed by atoms with Gasteiger partial charge in [-0.3, -0.25) is 0 Å². The van der Waals surface area contributed by atoms with Gasteiger partial charge < -0.3 is 9.73 Å². The smallest absolute Gasteiger partial charge is 0.250 e. The van der Waals surface area contributed by atoms with Crippen molar-refractivity contribution in [3.8, 4) is 11.5 Å². The van der Waals surface area contributed by atoms with Crippen LogP contribution in [0.3, 0.4) is 0 Å². The quantitative estimate of drug-likeness (QED) is 0.892. The van der Waals surface area contributed by atoms with Crippen LogP contribution in [0.5, 0.6) is 0 Å². The minimum atomic E-state index is -0.725. The minimum Gasteiger partial charge on any atom is -0.419 e. The number of aromatic nitrogens is 2. The number of benzene rings is 1. The Morgan fingerprint density at radius 1 is 1.29 bits per heavy atom. The van der Waals surface area contributed by atoms with Gasteiger partial charge in [-0.2, -0.15) is 0 Å². The SMILES string of the molecule is CNC(C)c1nnc(-c2ccc(F)cc2F)o1. The molecule has 90 valence electrons. The van der Waals surface area contributed by atoms with Gasteiger partial charge in [-0.05, 0) is 26.1 Å². The Balaban J connectivity index is 2.37. The van der Waals surface area contributed by atoms with E-state index in [-0.39, 0.29) is 17.5 Å². The summed E-state index contributed by atoms with van der Waals surface area (Å²) in [5.74, 6) is -0.974. The third kappa shape index (κ3) is 2.31. The van der Waals surface area contributed by atoms with E-state index < -0.39 is 11.6 Å². The zero-order valence-electron chi connectivity index (χ0n) is 9.37. The van der Waals surface area contributed by atoms with Crippen LogP contribution >= 0.6 is 0 Å². The monoisotopic (exact) mass is 239 g/mol. The van der Waals surface area contributed by atoms with E-state index in [2.05, 4.69) is 15.5 Å². The molecule has 2 aromatic rings. The Bertz CT molecular complexity index is 527. The van der Waals surface area contributed by atoms with Crippen LogP contribution in [0.4, 0.5) is 8.78 Å². The zero-order valence-corrected chi connectivity index (χ0v) is 9.37. The first-order chi connectivity index (χ1) is 8.11. The molecule has 0 spiro atoms. The second-order valence-corrected chi connectivity index (χ2v) is 3.58. The van der Waals surface area contributed by atoms with E-state index in [9.17, 15) is 8.78 Å². The van der Waals surface area contributed by atoms with Gasteiger partial charge in [0.25, 0.3) is 5.89 Å². The molecule has 1 atom stereocenters. The molecule has 1 aromatic carbocycles. The van der Waals surface area contributed by atoms with Crippen LogP contribution in [0, 0.1) is 11.6 Å². The lowest BCUT2D eigenvalue weighted by atomic mass is 10.2. The second kappa shape index (κ2) is 4.58. The van der Waals surface area contributed by atoms with Crippen molar-refractivity contribution in [3.63, 3.8) is 0 Å². The van der Waals surface area contributed by atoms with Crippen LogP contribution in [0.2, 0.25) is 0 Å². The van der Waals surface area contributed by atoms with Crippen LogP contribution < -0.4 is 5.32 Å². The lowest BCUT2D eigenvalue weighted by Gasteiger charge is -2.02. The van der Waals surface area contributed by atoms with E-state index in [1.807, 2.05) is 6.92 Å². The zero-order chi connectivity index (χ0) is 12.4. The predicted octanol–water partition coefficient (Wildman–Crippen LogP) is 2.30. The van der Waals surface area contributed by atoms with Gasteiger partial charge in [0.1, 0.15) is 11.6 Å². The molecule has 0 aliphatic heterocycles. The summed E-state index contributed by atoms with van der Waals surface area (Å²) >= 11 is 0. The molecule has 4 nitrogen and oxygen atoms in total. The van der Waals surface area contributed by atoms with Crippen LogP contribution in [0.1, 0.15) is 18.9 Å². The molecule has 17 heavy (non-hydrogen) atoms. The van der Waals surface area contributed by atoms with Crippen molar-refractivity contribution in [1.82, 2.24) is 15.5 Å². The fourth-order valence-corrected chi connectivity index (χ4v) is 1.30. The van der Waals surface area contributed by atoms with Crippen LogP contribution in [-0.2, 0) is 0 Å². The van der Waals surface area contributed by atoms with Gasteiger partial charge >= 0.3 is 0 Å². The van der Waals surface area contributed by atoms with Gasteiger partial charge in [0, 0.05) is 6.07 Å². The summed E-state index contributed by atoms with van der Waals surface area (Å²) in [6.45, 7) is 1.83. The van der Waals surface area contributed by atoms with Crippen molar-refractivity contribution in [3.05, 3.63) is 35.7 Å². The highest BCUT2D eigenvalue weighted by Crippen LogP contribution is 2.23. The lowest BCUT2D eigenvalue weighted by Crippen LogP contribution is -2.12. The van der Waals surface area contributed by atoms with E-state index in [4.69, 9.17) is 4.42 Å². The highest BCUT2D eigenvalue weighted by Gasteiger charge is 2.16. The maximum absolute atomic E-state index is 13.4. The third-order valence-electron chi connectivity index (χ3n) is 2.41. The molecule has 1 unspecified atom stereocenters. The van der Waals surface area contributed by atoms with Gasteiger partial charge in [0.2, 0.25) is 5.89 Å². The van der Waals surface area contributed by atoms with Gasteiger partial charge in [-0.25, -0.2) is 8.78 Å². The van der Waals surface area contributed by atoms with Gasteiger partial charge in [-0.1, -0.05) is 0 Å². The minimum absolute atomic E-state index is 0.0413. The molecule has 0 fully saturated rings. The van der Waals surface area contributed by atoms with Crippen molar-refractivity contribution in [2.45, 2.75) is 13.0 Å². The summed E-state index contributed by atoms with van der Waals surface area (Å²) in [5.41, 5.74) is 0.0912. The first-order valence-electron chi connectivity index (χ1n) is 5.08. The Morgan fingerprint density at radius 3 is 2.71 bits per heavy atom. The van der Waals surface area contributed by atoms with Crippen LogP contribution in [-0.4, -0.2) is 17.2 Å². The Labute approximate surface area is 96.7 Å². The highest BCUT2D eigenvalue weighted by atomic mass is 19.1. The Hall–Kier alpha value is -1.82. The molecular weight excluding hydrogens is 228 g/mol. The molecule has 0 aliphatic carbocycles. The molecule has 0 saturated heterocycles. The summed E-state index contributed by atoms with van der Waals surface area (Å²) in [4.78, 5) is 0. The summed E-state index contributed by atoms with van der Waals surface area (Å²) < 4.78 is 31.5. The van der Waals surface area contributed by atoms with Crippen LogP contribution in [0.25, 0.3) is 11.5 Å². The Kier molecular flexibility index (Phi) is 3.14. The predicted molar refractivity (Wildman–Crippen MR) is 57.1 cm³/mol. The van der Waals surface area contributed by atoms with Crippen LogP contribution in [0.15, 0.2) is 22.6 Å². The summed E-state index contributed by atoms with van der Waals surface area (Å²) in [7, 11) is 1.74. The van der Waals surface area contributed by atoms with Crippen molar-refractivity contribution < 1.29 is 13.2 Å². The number of nitrogens with one attached hydrogen (secondary N) is 1. The van der Waals surface area contributed by atoms with Gasteiger partial charge in [-0.15, -0.1) is 10.2 Å². The molecule has 0 bridgehead atoms. The topological polar surface area (TPSA) is 51.0 Å². The molecular formula is C11H11F2N3O. The fourth-order valence-electron chi connectivity index (χ4n) is 1.30. The van der Waals surface area contributed by atoms with Crippen molar-refractivity contribution >= 4 is 0 Å². The van der Waals surface area contributed by atoms with E-state index in [0.29, 0.717) is 5.89 Å². The van der Waals surface area contributed by atoms with Crippen molar-refractivity contribution in [1.29, 1.82) is 0 Å². The lowest BCUT2D eigenvalue weighted by molar-refractivity contribution is 0.439. The van der Waals surface area contributed by atoms with Crippen molar-refractivity contribution in [2.24, 2.45) is 0 Å². The average Bonchev–Trinajstić information content (AvgIpc) is 2.77. The number of hydrogen-bond acceptors (Lipinski definition) is 4. The number of hydrogen-bond donors (Lipinski definition) is 1. The molecule has 0 radical (unpaired) electrons. The molecule has 1 N–H and O–H groups in total. The molecule has 1 heterocycles. The van der Waals surface area contributed by atoms with E-state index in [1.165, 1.54) is 6.07 Å². The maximum atomic E-state index is 13.4. The van der Waals surface area contributed by atoms with Gasteiger partial charge in [0.05, 0.1) is 11.6 Å². The van der Waals surface area contributed by atoms with E-state index >= 15 is 0 Å². The molecule has 0 saturated carbocycles. The summed E-state index contributed by atoms with van der Waals surface area (Å²) in [6.07, 6.45) is 0. The normalized spacial score (nSPS) is 12.7. The summed E-state index contributed by atoms with van der Waals surface area (Å²) in [5, 5.41) is 10.4. The first kappa shape index (κ1) is 11.7. The number of halogens is 2. The Morgan fingerprint density at radius 2 is 2.06 bits per heavy atom. The molecule has 2 rings (SSSR count). The summed E-state index contributed by atoms with van der Waals surface area (Å²) in [6, 6.07) is 3.07. The second-order valence-electron chi connectivity index (χ2n) is 3.58. The van der Waals surface area contributed by atoms with E-state index in [1.54, 1.807) is 7.05 Å². The molecule has 6 heteroatoms. The first-order valence-corrected chi connectivity index (χ1v) is 5.08. The number of nitrogens with zero attached hydrogens (tertiary/aromatic N) is 2. The highest BCUT2D eigenvalue weighted by molar-refractivity contribution is 5.53. The number of rotatable bonds is 3. The van der Waals surface area contributed by atoms with Gasteiger partial charge in [0.15, 0.2) is 0 Å². The largest absolute Gasteiger partial charge is 0.419 e. The van der Waals surface area contributed by atoms with E-state index in [0.717, 1.165) is 12.1 Å². The fraction of sp³-hybridized carbons (Fsp3) is 0.273. The molecule has 0 aliphatic rings. The standard InChI is InChI=1S/C11H11F2N3O/c1-6(14-2)10-15-16-11(17-10)8-4-3-7(12)5-9(8)13/h3-6,14H,1-2H3. The third-order valence-corrected chi connectivity index (χ3v) is 2.41. The average molecular weight is 239 g/mol. The van der Waals surface area contributed by atoms with Crippen molar-refractivity contribution in [2.75, 3.05) is 7.05 Å². The maximum Gasteiger partial charge on any atom is 0.250 e. The molecule has 0 amide bonds.